The van der Waals surface area contributed by atoms with Gasteiger partial charge in [0.25, 0.3) is 0 Å². The minimum Gasteiger partial charge on any atom is -0.496 e. The van der Waals surface area contributed by atoms with Gasteiger partial charge in [0.05, 0.1) is 7.11 Å². The number of rotatable bonds is 6. The van der Waals surface area contributed by atoms with Gasteiger partial charge in [0.2, 0.25) is 0 Å². The van der Waals surface area contributed by atoms with E-state index in [1.807, 2.05) is 49.3 Å². The van der Waals surface area contributed by atoms with Crippen molar-refractivity contribution < 1.29 is 9.53 Å². The fourth-order valence-corrected chi connectivity index (χ4v) is 2.89. The lowest BCUT2D eigenvalue weighted by Crippen LogP contribution is -2.37. The molecule has 2 aromatic rings. The molecule has 132 valence electrons. The Kier molecular flexibility index (Phi) is 5.07. The third-order valence-electron chi connectivity index (χ3n) is 4.37. The molecule has 2 amide bonds. The Hall–Kier alpha value is -2.76. The summed E-state index contributed by atoms with van der Waals surface area (Å²) in [4.78, 5) is 18.3. The summed E-state index contributed by atoms with van der Waals surface area (Å²) in [5, 5.41) is 5.94. The minimum atomic E-state index is -0.148. The highest BCUT2D eigenvalue weighted by atomic mass is 16.5. The van der Waals surface area contributed by atoms with Crippen LogP contribution in [0.3, 0.4) is 0 Å². The number of carbonyl (C=O) groups excluding carboxylic acids is 1. The summed E-state index contributed by atoms with van der Waals surface area (Å²) in [6.45, 7) is 0.473. The number of pyridine rings is 1. The molecule has 0 bridgehead atoms. The van der Waals surface area contributed by atoms with Crippen LogP contribution in [0.5, 0.6) is 5.75 Å². The highest BCUT2D eigenvalue weighted by molar-refractivity contribution is 5.75. The third-order valence-corrected chi connectivity index (χ3v) is 4.37. The smallest absolute Gasteiger partial charge is 0.315 e. The van der Waals surface area contributed by atoms with Crippen molar-refractivity contribution in [2.24, 2.45) is 0 Å². The first kappa shape index (κ1) is 17.1. The lowest BCUT2D eigenvalue weighted by Gasteiger charge is -2.13. The molecule has 1 aromatic heterocycles. The summed E-state index contributed by atoms with van der Waals surface area (Å²) in [5.74, 6) is 2.08. The second kappa shape index (κ2) is 7.42. The first-order valence-electron chi connectivity index (χ1n) is 8.38. The van der Waals surface area contributed by atoms with Gasteiger partial charge in [-0.15, -0.1) is 0 Å². The normalized spacial score (nSPS) is 18.4. The summed E-state index contributed by atoms with van der Waals surface area (Å²) in [7, 11) is 5.56. The highest BCUT2D eigenvalue weighted by Gasteiger charge is 2.41. The van der Waals surface area contributed by atoms with Crippen LogP contribution in [0.15, 0.2) is 42.6 Å². The Bertz CT molecular complexity index is 748. The van der Waals surface area contributed by atoms with Gasteiger partial charge in [-0.25, -0.2) is 9.78 Å². The molecule has 1 heterocycles. The van der Waals surface area contributed by atoms with Crippen molar-refractivity contribution in [1.82, 2.24) is 15.6 Å². The Labute approximate surface area is 148 Å². The first-order chi connectivity index (χ1) is 12.1. The molecule has 1 aliphatic rings. The number of nitrogens with one attached hydrogen (secondary N) is 2. The zero-order valence-corrected chi connectivity index (χ0v) is 14.8. The summed E-state index contributed by atoms with van der Waals surface area (Å²) in [6, 6.07) is 11.9. The van der Waals surface area contributed by atoms with Gasteiger partial charge < -0.3 is 20.3 Å². The van der Waals surface area contributed by atoms with Crippen molar-refractivity contribution in [3.05, 3.63) is 53.7 Å². The summed E-state index contributed by atoms with van der Waals surface area (Å²) in [6.07, 6.45) is 2.69. The Morgan fingerprint density at radius 3 is 2.88 bits per heavy atom. The molecular weight excluding hydrogens is 316 g/mol. The summed E-state index contributed by atoms with van der Waals surface area (Å²) >= 11 is 0. The monoisotopic (exact) mass is 340 g/mol. The molecule has 1 fully saturated rings. The zero-order valence-electron chi connectivity index (χ0n) is 14.8. The number of methoxy groups -OCH3 is 1. The van der Waals surface area contributed by atoms with E-state index >= 15 is 0 Å². The van der Waals surface area contributed by atoms with Crippen molar-refractivity contribution in [3.63, 3.8) is 0 Å². The number of benzene rings is 1. The predicted octanol–water partition coefficient (Wildman–Crippen LogP) is 2.51. The predicted molar refractivity (Wildman–Crippen MR) is 98.1 cm³/mol. The van der Waals surface area contributed by atoms with E-state index in [2.05, 4.69) is 21.7 Å². The number of ether oxygens (including phenoxy) is 1. The molecule has 6 heteroatoms. The number of para-hydroxylation sites is 1. The molecule has 1 saturated carbocycles. The molecule has 3 rings (SSSR count). The average Bonchev–Trinajstić information content (AvgIpc) is 3.39. The number of amides is 2. The van der Waals surface area contributed by atoms with Crippen molar-refractivity contribution >= 4 is 11.8 Å². The maximum atomic E-state index is 12.1. The summed E-state index contributed by atoms with van der Waals surface area (Å²) < 4.78 is 5.40. The SMILES string of the molecule is COc1ccccc1[C@@H]1C[C@@H]1NC(=O)NCc1ccnc(N(C)C)c1. The van der Waals surface area contributed by atoms with Gasteiger partial charge in [0, 0.05) is 38.8 Å². The van der Waals surface area contributed by atoms with E-state index in [1.165, 1.54) is 0 Å². The van der Waals surface area contributed by atoms with Gasteiger partial charge in [-0.2, -0.15) is 0 Å². The van der Waals surface area contributed by atoms with Crippen molar-refractivity contribution in [2.45, 2.75) is 24.9 Å². The fraction of sp³-hybridized carbons (Fsp3) is 0.368. The van der Waals surface area contributed by atoms with Crippen LogP contribution in [0.2, 0.25) is 0 Å². The molecule has 2 N–H and O–H groups in total. The maximum Gasteiger partial charge on any atom is 0.315 e. The molecule has 6 nitrogen and oxygen atoms in total. The van der Waals surface area contributed by atoms with Crippen LogP contribution in [0.1, 0.15) is 23.5 Å². The van der Waals surface area contributed by atoms with E-state index in [-0.39, 0.29) is 12.1 Å². The Morgan fingerprint density at radius 1 is 1.32 bits per heavy atom. The largest absolute Gasteiger partial charge is 0.496 e. The van der Waals surface area contributed by atoms with Crippen LogP contribution in [0, 0.1) is 0 Å². The van der Waals surface area contributed by atoms with Crippen LogP contribution in [0.4, 0.5) is 10.6 Å². The molecule has 0 saturated heterocycles. The highest BCUT2D eigenvalue weighted by Crippen LogP contribution is 2.44. The van der Waals surface area contributed by atoms with E-state index in [0.717, 1.165) is 29.1 Å². The van der Waals surface area contributed by atoms with Gasteiger partial charge in [-0.3, -0.25) is 0 Å². The van der Waals surface area contributed by atoms with E-state index in [9.17, 15) is 4.79 Å². The van der Waals surface area contributed by atoms with Crippen molar-refractivity contribution in [3.8, 4) is 5.75 Å². The standard InChI is InChI=1S/C19H24N4O2/c1-23(2)18-10-13(8-9-20-18)12-21-19(24)22-16-11-15(16)14-6-4-5-7-17(14)25-3/h4-10,15-16H,11-12H2,1-3H3,(H2,21,22,24)/t15-,16-/m0/s1. The zero-order chi connectivity index (χ0) is 17.8. The molecule has 0 aliphatic heterocycles. The van der Waals surface area contributed by atoms with Gasteiger partial charge in [-0.05, 0) is 35.7 Å². The van der Waals surface area contributed by atoms with Gasteiger partial charge in [0.15, 0.2) is 0 Å². The van der Waals surface area contributed by atoms with E-state index in [1.54, 1.807) is 13.3 Å². The number of anilines is 1. The van der Waals surface area contributed by atoms with Crippen LogP contribution >= 0.6 is 0 Å². The molecule has 1 aliphatic carbocycles. The first-order valence-corrected chi connectivity index (χ1v) is 8.38. The lowest BCUT2D eigenvalue weighted by molar-refractivity contribution is 0.240. The maximum absolute atomic E-state index is 12.1. The molecule has 0 radical (unpaired) electrons. The molecular formula is C19H24N4O2. The van der Waals surface area contributed by atoms with Crippen LogP contribution in [-0.2, 0) is 6.54 Å². The molecule has 2 atom stereocenters. The number of hydrogen-bond donors (Lipinski definition) is 2. The number of carbonyl (C=O) groups is 1. The second-order valence-corrected chi connectivity index (χ2v) is 6.43. The summed E-state index contributed by atoms with van der Waals surface area (Å²) in [5.41, 5.74) is 2.17. The Morgan fingerprint density at radius 2 is 2.12 bits per heavy atom. The van der Waals surface area contributed by atoms with Gasteiger partial charge in [0.1, 0.15) is 11.6 Å². The van der Waals surface area contributed by atoms with Gasteiger partial charge >= 0.3 is 6.03 Å². The molecule has 1 aromatic carbocycles. The number of nitrogens with zero attached hydrogens (tertiary/aromatic N) is 2. The van der Waals surface area contributed by atoms with E-state index in [4.69, 9.17) is 4.74 Å². The van der Waals surface area contributed by atoms with Crippen molar-refractivity contribution in [1.29, 1.82) is 0 Å². The van der Waals surface area contributed by atoms with E-state index in [0.29, 0.717) is 12.5 Å². The van der Waals surface area contributed by atoms with Gasteiger partial charge in [-0.1, -0.05) is 18.2 Å². The molecule has 0 unspecified atom stereocenters. The molecule has 0 spiro atoms. The minimum absolute atomic E-state index is 0.148. The second-order valence-electron chi connectivity index (χ2n) is 6.43. The number of aromatic nitrogens is 1. The number of hydrogen-bond acceptors (Lipinski definition) is 4. The quantitative estimate of drug-likeness (QED) is 0.848. The number of urea groups is 1. The fourth-order valence-electron chi connectivity index (χ4n) is 2.89. The lowest BCUT2D eigenvalue weighted by atomic mass is 10.1. The van der Waals surface area contributed by atoms with E-state index < -0.39 is 0 Å². The van der Waals surface area contributed by atoms with Crippen molar-refractivity contribution in [2.75, 3.05) is 26.1 Å². The molecule has 25 heavy (non-hydrogen) atoms. The third kappa shape index (κ3) is 4.21. The topological polar surface area (TPSA) is 66.5 Å². The van der Waals surface area contributed by atoms with Crippen LogP contribution in [-0.4, -0.2) is 38.3 Å². The Balaban J connectivity index is 1.50. The van der Waals surface area contributed by atoms with Crippen LogP contribution < -0.4 is 20.3 Å². The van der Waals surface area contributed by atoms with Crippen LogP contribution in [0.25, 0.3) is 0 Å². The average molecular weight is 340 g/mol.